The number of nitrogens with one attached hydrogen (secondary N) is 1. The minimum absolute atomic E-state index is 0.192. The van der Waals surface area contributed by atoms with Crippen LogP contribution in [0.25, 0.3) is 0 Å². The van der Waals surface area contributed by atoms with Crippen LogP contribution in [0.3, 0.4) is 0 Å². The van der Waals surface area contributed by atoms with Crippen LogP contribution >= 0.6 is 0 Å². The maximum absolute atomic E-state index is 13.9. The normalized spacial score (nSPS) is 12.8. The average Bonchev–Trinajstić information content (AvgIpc) is 3.06. The molecule has 0 radical (unpaired) electrons. The Morgan fingerprint density at radius 3 is 2.46 bits per heavy atom. The summed E-state index contributed by atoms with van der Waals surface area (Å²) in [4.78, 5) is 14.6. The molecule has 0 aliphatic carbocycles. The van der Waals surface area contributed by atoms with Gasteiger partial charge in [0.25, 0.3) is 5.91 Å². The first kappa shape index (κ1) is 16.3. The summed E-state index contributed by atoms with van der Waals surface area (Å²) in [5.41, 5.74) is 3.58. The van der Waals surface area contributed by atoms with Gasteiger partial charge in [-0.3, -0.25) is 4.79 Å². The molecule has 4 rings (SSSR count). The van der Waals surface area contributed by atoms with E-state index in [0.29, 0.717) is 11.8 Å². The number of hydrogen-bond donors (Lipinski definition) is 1. The summed E-state index contributed by atoms with van der Waals surface area (Å²) in [7, 11) is 0. The van der Waals surface area contributed by atoms with Gasteiger partial charge in [0.2, 0.25) is 0 Å². The van der Waals surface area contributed by atoms with E-state index in [1.54, 1.807) is 6.07 Å². The third-order valence-corrected chi connectivity index (χ3v) is 4.51. The number of anilines is 3. The highest BCUT2D eigenvalue weighted by atomic mass is 19.1. The molecule has 0 bridgehead atoms. The second-order valence-corrected chi connectivity index (χ2v) is 6.13. The Morgan fingerprint density at radius 1 is 0.923 bits per heavy atom. The first-order valence-electron chi connectivity index (χ1n) is 8.34. The molecule has 1 aliphatic rings. The molecule has 0 unspecified atom stereocenters. The maximum Gasteiger partial charge on any atom is 0.258 e. The number of amides is 1. The smallest absolute Gasteiger partial charge is 0.258 e. The highest BCUT2D eigenvalue weighted by Gasteiger charge is 2.23. The number of carbonyl (C=O) groups excluding carboxylic acids is 1. The Kier molecular flexibility index (Phi) is 4.13. The van der Waals surface area contributed by atoms with Gasteiger partial charge in [0, 0.05) is 18.3 Å². The monoisotopic (exact) mass is 350 g/mol. The van der Waals surface area contributed by atoms with Gasteiger partial charge in [0.05, 0.1) is 16.9 Å². The number of rotatable bonds is 3. The number of para-hydroxylation sites is 3. The van der Waals surface area contributed by atoms with Crippen molar-refractivity contribution in [2.45, 2.75) is 6.42 Å². The molecular weight excluding hydrogens is 334 g/mol. The minimum Gasteiger partial charge on any atom is -0.339 e. The lowest BCUT2D eigenvalue weighted by Crippen LogP contribution is -2.19. The predicted octanol–water partition coefficient (Wildman–Crippen LogP) is 4.91. The maximum atomic E-state index is 13.9. The van der Waals surface area contributed by atoms with Crippen molar-refractivity contribution in [2.75, 3.05) is 16.8 Å². The Bertz CT molecular complexity index is 987. The number of carbonyl (C=O) groups is 1. The van der Waals surface area contributed by atoms with Crippen LogP contribution in [0.15, 0.2) is 66.7 Å². The van der Waals surface area contributed by atoms with E-state index < -0.39 is 17.5 Å². The van der Waals surface area contributed by atoms with Gasteiger partial charge in [0.1, 0.15) is 11.6 Å². The molecule has 1 N–H and O–H groups in total. The van der Waals surface area contributed by atoms with Crippen molar-refractivity contribution >= 4 is 23.0 Å². The molecule has 3 aromatic carbocycles. The molecular formula is C21H16F2N2O. The van der Waals surface area contributed by atoms with Crippen molar-refractivity contribution in [3.8, 4) is 0 Å². The molecule has 3 nitrogen and oxygen atoms in total. The lowest BCUT2D eigenvalue weighted by molar-refractivity contribution is 0.102. The van der Waals surface area contributed by atoms with Crippen LogP contribution < -0.4 is 10.2 Å². The third kappa shape index (κ3) is 2.92. The van der Waals surface area contributed by atoms with Crippen LogP contribution in [0.2, 0.25) is 0 Å². The molecule has 5 heteroatoms. The first-order valence-corrected chi connectivity index (χ1v) is 8.34. The summed E-state index contributed by atoms with van der Waals surface area (Å²) in [5.74, 6) is -2.21. The standard InChI is InChI=1S/C21H16F2N2O/c22-15-9-10-16(17(23)13-15)21(26)24-18-6-2-4-8-20(18)25-12-11-14-5-1-3-7-19(14)25/h1-10,13H,11-12H2,(H,24,26). The van der Waals surface area contributed by atoms with Crippen LogP contribution in [-0.4, -0.2) is 12.5 Å². The second kappa shape index (κ2) is 6.59. The zero-order chi connectivity index (χ0) is 18.1. The van der Waals surface area contributed by atoms with E-state index in [1.165, 1.54) is 5.56 Å². The Morgan fingerprint density at radius 2 is 1.65 bits per heavy atom. The summed E-state index contributed by atoms with van der Waals surface area (Å²) >= 11 is 0. The summed E-state index contributed by atoms with van der Waals surface area (Å²) in [5, 5.41) is 2.75. The van der Waals surface area contributed by atoms with Crippen LogP contribution in [0.5, 0.6) is 0 Å². The van der Waals surface area contributed by atoms with Gasteiger partial charge < -0.3 is 10.2 Å². The van der Waals surface area contributed by atoms with Gasteiger partial charge in [-0.1, -0.05) is 30.3 Å². The van der Waals surface area contributed by atoms with Crippen molar-refractivity contribution in [1.82, 2.24) is 0 Å². The molecule has 26 heavy (non-hydrogen) atoms. The van der Waals surface area contributed by atoms with Crippen molar-refractivity contribution in [3.05, 3.63) is 89.5 Å². The molecule has 3 aromatic rings. The highest BCUT2D eigenvalue weighted by molar-refractivity contribution is 6.06. The number of nitrogens with zero attached hydrogens (tertiary/aromatic N) is 1. The molecule has 130 valence electrons. The quantitative estimate of drug-likeness (QED) is 0.728. The van der Waals surface area contributed by atoms with E-state index in [-0.39, 0.29) is 5.56 Å². The fourth-order valence-electron chi connectivity index (χ4n) is 3.27. The molecule has 0 aromatic heterocycles. The van der Waals surface area contributed by atoms with Crippen molar-refractivity contribution < 1.29 is 13.6 Å². The zero-order valence-electron chi connectivity index (χ0n) is 13.9. The number of fused-ring (bicyclic) bond motifs is 1. The lowest BCUT2D eigenvalue weighted by Gasteiger charge is -2.23. The average molecular weight is 350 g/mol. The summed E-state index contributed by atoms with van der Waals surface area (Å²) in [6.45, 7) is 0.803. The first-order chi connectivity index (χ1) is 12.6. The van der Waals surface area contributed by atoms with Crippen LogP contribution in [0.4, 0.5) is 25.8 Å². The van der Waals surface area contributed by atoms with Crippen molar-refractivity contribution in [1.29, 1.82) is 0 Å². The Hall–Kier alpha value is -3.21. The van der Waals surface area contributed by atoms with Gasteiger partial charge in [0.15, 0.2) is 0 Å². The Labute approximate surface area is 149 Å². The predicted molar refractivity (Wildman–Crippen MR) is 97.9 cm³/mol. The molecule has 1 aliphatic heterocycles. The topological polar surface area (TPSA) is 32.3 Å². The molecule has 1 amide bonds. The fourth-order valence-corrected chi connectivity index (χ4v) is 3.27. The summed E-state index contributed by atoms with van der Waals surface area (Å²) < 4.78 is 27.0. The highest BCUT2D eigenvalue weighted by Crippen LogP contribution is 2.38. The van der Waals surface area contributed by atoms with Gasteiger partial charge in [-0.2, -0.15) is 0 Å². The molecule has 0 saturated heterocycles. The number of benzene rings is 3. The van der Waals surface area contributed by atoms with Crippen LogP contribution in [0.1, 0.15) is 15.9 Å². The number of hydrogen-bond acceptors (Lipinski definition) is 2. The van der Waals surface area contributed by atoms with E-state index in [9.17, 15) is 13.6 Å². The van der Waals surface area contributed by atoms with Gasteiger partial charge in [-0.15, -0.1) is 0 Å². The number of halogens is 2. The van der Waals surface area contributed by atoms with E-state index in [1.807, 2.05) is 36.4 Å². The van der Waals surface area contributed by atoms with Crippen LogP contribution in [0, 0.1) is 11.6 Å². The SMILES string of the molecule is O=C(Nc1ccccc1N1CCc2ccccc21)c1ccc(F)cc1F. The molecule has 0 atom stereocenters. The summed E-state index contributed by atoms with van der Waals surface area (Å²) in [6.07, 6.45) is 0.922. The van der Waals surface area contributed by atoms with E-state index in [2.05, 4.69) is 16.3 Å². The lowest BCUT2D eigenvalue weighted by atomic mass is 10.1. The molecule has 0 saturated carbocycles. The van der Waals surface area contributed by atoms with Crippen LogP contribution in [-0.2, 0) is 6.42 Å². The molecule has 0 spiro atoms. The second-order valence-electron chi connectivity index (χ2n) is 6.13. The zero-order valence-corrected chi connectivity index (χ0v) is 13.9. The Balaban J connectivity index is 1.66. The third-order valence-electron chi connectivity index (χ3n) is 4.51. The van der Waals surface area contributed by atoms with E-state index >= 15 is 0 Å². The largest absolute Gasteiger partial charge is 0.339 e. The fraction of sp³-hybridized carbons (Fsp3) is 0.0952. The van der Waals surface area contributed by atoms with Gasteiger partial charge in [-0.05, 0) is 42.3 Å². The minimum atomic E-state index is -0.883. The summed E-state index contributed by atoms with van der Waals surface area (Å²) in [6, 6.07) is 18.4. The molecule has 1 heterocycles. The molecule has 0 fully saturated rings. The van der Waals surface area contributed by atoms with E-state index in [4.69, 9.17) is 0 Å². The van der Waals surface area contributed by atoms with Crippen molar-refractivity contribution in [2.24, 2.45) is 0 Å². The van der Waals surface area contributed by atoms with Gasteiger partial charge in [-0.25, -0.2) is 8.78 Å². The van der Waals surface area contributed by atoms with Gasteiger partial charge >= 0.3 is 0 Å². The van der Waals surface area contributed by atoms with Crippen molar-refractivity contribution in [3.63, 3.8) is 0 Å². The van der Waals surface area contributed by atoms with E-state index in [0.717, 1.165) is 36.5 Å².